The van der Waals surface area contributed by atoms with E-state index in [1.165, 1.54) is 21.3 Å². The van der Waals surface area contributed by atoms with Gasteiger partial charge in [0.05, 0.1) is 109 Å². The first kappa shape index (κ1) is 76.0. The molecule has 2 amide bonds. The molecule has 7 aromatic carbocycles. The molecule has 2 N–H and O–H groups in total. The van der Waals surface area contributed by atoms with Crippen LogP contribution in [0.2, 0.25) is 0 Å². The van der Waals surface area contributed by atoms with Gasteiger partial charge in [0.25, 0.3) is 21.9 Å². The highest BCUT2D eigenvalue weighted by Gasteiger charge is 2.38. The zero-order valence-corrected chi connectivity index (χ0v) is 59.4. The Labute approximate surface area is 595 Å². The van der Waals surface area contributed by atoms with Gasteiger partial charge in [0.2, 0.25) is 0 Å². The lowest BCUT2D eigenvalue weighted by Gasteiger charge is -2.22. The number of ether oxygens (including phenoxy) is 9. The molecule has 2 atom stereocenters. The molecule has 0 saturated carbocycles. The van der Waals surface area contributed by atoms with Crippen molar-refractivity contribution in [3.05, 3.63) is 189 Å². The van der Waals surface area contributed by atoms with Crippen LogP contribution in [0.25, 0.3) is 0 Å². The van der Waals surface area contributed by atoms with E-state index in [-0.39, 0.29) is 74.8 Å². The van der Waals surface area contributed by atoms with E-state index in [1.807, 2.05) is 116 Å². The third-order valence-electron chi connectivity index (χ3n) is 17.2. The van der Waals surface area contributed by atoms with Crippen LogP contribution in [0.1, 0.15) is 135 Å². The molecule has 0 spiro atoms. The molecule has 23 nitrogen and oxygen atoms in total. The van der Waals surface area contributed by atoms with Crippen LogP contribution < -0.4 is 38.2 Å². The fourth-order valence-electron chi connectivity index (χ4n) is 11.9. The lowest BCUT2D eigenvalue weighted by atomic mass is 10.1. The quantitative estimate of drug-likeness (QED) is 0.0177. The van der Waals surface area contributed by atoms with Gasteiger partial charge in [-0.05, 0) is 169 Å². The smallest absolute Gasteiger partial charge is 0.305 e. The zero-order chi connectivity index (χ0) is 72.7. The Morgan fingerprint density at radius 2 is 0.892 bits per heavy atom. The van der Waals surface area contributed by atoms with Crippen LogP contribution >= 0.6 is 0 Å². The number of para-hydroxylation sites is 2. The maximum Gasteiger partial charge on any atom is 0.305 e. The molecular formula is C78H88N4O19S. The van der Waals surface area contributed by atoms with Crippen molar-refractivity contribution in [1.29, 1.82) is 0 Å². The average molecular weight is 1420 g/mol. The Morgan fingerprint density at radius 1 is 0.490 bits per heavy atom. The number of fused-ring (bicyclic) bond motifs is 8. The van der Waals surface area contributed by atoms with E-state index in [4.69, 9.17) is 57.5 Å². The van der Waals surface area contributed by atoms with Crippen LogP contribution in [0.3, 0.4) is 0 Å². The van der Waals surface area contributed by atoms with Crippen molar-refractivity contribution in [2.75, 3.05) is 64.3 Å². The Bertz CT molecular complexity index is 4270. The van der Waals surface area contributed by atoms with Gasteiger partial charge in [-0.25, -0.2) is 0 Å². The number of rotatable bonds is 31. The van der Waals surface area contributed by atoms with Crippen molar-refractivity contribution in [2.45, 2.75) is 136 Å². The molecule has 0 saturated heterocycles. The molecule has 102 heavy (non-hydrogen) atoms. The maximum atomic E-state index is 13.9. The number of aliphatic hydroxyl groups is 2. The van der Waals surface area contributed by atoms with E-state index < -0.39 is 10.1 Å². The van der Waals surface area contributed by atoms with Crippen LogP contribution in [-0.4, -0.2) is 127 Å². The number of aliphatic imine (C=N–C) groups is 2. The first-order valence-corrected chi connectivity index (χ1v) is 35.7. The minimum atomic E-state index is -3.47. The summed E-state index contributed by atoms with van der Waals surface area (Å²) in [5.41, 5.74) is 11.8. The first-order chi connectivity index (χ1) is 49.3. The molecule has 0 aliphatic carbocycles. The summed E-state index contributed by atoms with van der Waals surface area (Å²) in [4.78, 5) is 74.5. The second kappa shape index (κ2) is 37.0. The topological polar surface area (TPSA) is 283 Å². The van der Waals surface area contributed by atoms with Crippen LogP contribution in [0.4, 0.5) is 22.7 Å². The van der Waals surface area contributed by atoms with Crippen LogP contribution in [0.15, 0.2) is 137 Å². The third kappa shape index (κ3) is 21.0. The fraction of sp³-hybridized carbons (Fsp3) is 0.372. The summed E-state index contributed by atoms with van der Waals surface area (Å²) in [7, 11) is 2.20. The minimum absolute atomic E-state index is 0.00856. The second-order valence-corrected chi connectivity index (χ2v) is 26.3. The highest BCUT2D eigenvalue weighted by molar-refractivity contribution is 7.85. The predicted octanol–water partition coefficient (Wildman–Crippen LogP) is 12.3. The Balaban J connectivity index is 0.000000235. The van der Waals surface area contributed by atoms with Crippen LogP contribution in [-0.2, 0) is 95.2 Å². The van der Waals surface area contributed by atoms with Gasteiger partial charge in [-0.1, -0.05) is 55.5 Å². The standard InChI is InChI=1S/C48H44N4O8.C16H24O6S.C14H20O5/c1-29-16-37-39(49-25-34-20-32-10-4-6-12-41(32)51(34)47(37)54)23-43(29)59-27-30-17-31(19-36(18-30)58-15-9-8-14-46(53)57-3)28-60-45-24-40-38(22-44(45)56-2)48(55)52-35(26-50-40)21-33-11-5-7-13-42(33)52;1-4-13-9-14(12-22-23(3,18)19)11-15(10-13)21-8-6-5-7-16(17)20-2;1-18-14(17)4-2-3-5-19-13-7-11(9-15)6-12(8-13)10-16/h4-7,10-13,16-19,22-26,34-35H,8-9,14-15,20-21,27-28H2,1-3H3;9-11H,4-8,12H2,1-3H3;6-8,15-16H,2-5,9-10H2,1H3/t34-,35-;;/m0../s1. The molecule has 0 aromatic heterocycles. The Morgan fingerprint density at radius 3 is 1.33 bits per heavy atom. The number of nitrogens with zero attached hydrogens (tertiary/aromatic N) is 4. The number of anilines is 2. The molecule has 4 heterocycles. The summed E-state index contributed by atoms with van der Waals surface area (Å²) < 4.78 is 76.8. The number of carbonyl (C=O) groups is 5. The van der Waals surface area contributed by atoms with Crippen LogP contribution in [0.5, 0.6) is 34.5 Å². The van der Waals surface area contributed by atoms with Gasteiger partial charge < -0.3 is 52.8 Å². The van der Waals surface area contributed by atoms with E-state index in [2.05, 4.69) is 15.5 Å². The van der Waals surface area contributed by atoms with Gasteiger partial charge in [0.15, 0.2) is 11.5 Å². The molecular weight excluding hydrogens is 1330 g/mol. The van der Waals surface area contributed by atoms with Crippen molar-refractivity contribution in [1.82, 2.24) is 0 Å². The Kier molecular flexibility index (Phi) is 27.6. The van der Waals surface area contributed by atoms with Crippen molar-refractivity contribution >= 4 is 75.0 Å². The highest BCUT2D eigenvalue weighted by Crippen LogP contribution is 2.43. The second-order valence-electron chi connectivity index (χ2n) is 24.7. The lowest BCUT2D eigenvalue weighted by Crippen LogP contribution is -2.37. The number of amides is 2. The monoisotopic (exact) mass is 1420 g/mol. The maximum absolute atomic E-state index is 13.9. The Hall–Kier alpha value is -10.1. The van der Waals surface area contributed by atoms with Crippen molar-refractivity contribution < 1.29 is 89.4 Å². The number of methoxy groups -OCH3 is 4. The SMILES string of the molecule is CCc1cc(COS(C)(=O)=O)cc(OCCCCC(=O)OC)c1.COC(=O)CCCCOc1cc(CO)cc(CO)c1.COC(=O)CCCCOc1cc(COc2cc3c(cc2C)C(=O)N2c4ccccc4C[C@H]2C=N3)cc(COc2cc3c(cc2OC)C(=O)N2c4ccccc4C[C@H]2C=N3)c1. The predicted molar refractivity (Wildman–Crippen MR) is 385 cm³/mol. The summed E-state index contributed by atoms with van der Waals surface area (Å²) in [6, 6.07) is 39.3. The number of esters is 3. The number of aryl methyl sites for hydroxylation is 2. The van der Waals surface area contributed by atoms with Gasteiger partial charge in [-0.2, -0.15) is 8.42 Å². The number of hydrogen-bond acceptors (Lipinski definition) is 21. The molecule has 0 unspecified atom stereocenters. The van der Waals surface area contributed by atoms with Crippen molar-refractivity contribution in [3.63, 3.8) is 0 Å². The summed E-state index contributed by atoms with van der Waals surface area (Å²) in [6.07, 6.45) is 12.2. The number of hydrogen-bond donors (Lipinski definition) is 2. The van der Waals surface area contributed by atoms with Gasteiger partial charge in [0.1, 0.15) is 36.2 Å². The molecule has 0 radical (unpaired) electrons. The molecule has 0 fully saturated rings. The molecule has 4 aliphatic rings. The van der Waals surface area contributed by atoms with E-state index in [0.717, 1.165) is 82.3 Å². The molecule has 540 valence electrons. The lowest BCUT2D eigenvalue weighted by molar-refractivity contribution is -0.141. The molecule has 7 aromatic rings. The van der Waals surface area contributed by atoms with Gasteiger partial charge in [-0.3, -0.25) is 47.9 Å². The van der Waals surface area contributed by atoms with E-state index in [1.54, 1.807) is 48.4 Å². The minimum Gasteiger partial charge on any atom is -0.494 e. The summed E-state index contributed by atoms with van der Waals surface area (Å²) in [5, 5.41) is 18.2. The van der Waals surface area contributed by atoms with Crippen LogP contribution in [0, 0.1) is 6.92 Å². The summed E-state index contributed by atoms with van der Waals surface area (Å²) in [6.45, 7) is 5.46. The summed E-state index contributed by atoms with van der Waals surface area (Å²) in [5.74, 6) is 2.46. The average Bonchev–Trinajstić information content (AvgIpc) is 1.53. The number of aliphatic hydroxyl groups excluding tert-OH is 2. The number of carbonyl (C=O) groups excluding carboxylic acids is 5. The van der Waals surface area contributed by atoms with Gasteiger partial charge in [0, 0.05) is 68.0 Å². The van der Waals surface area contributed by atoms with Gasteiger partial charge >= 0.3 is 17.9 Å². The normalized spacial score (nSPS) is 14.3. The van der Waals surface area contributed by atoms with Gasteiger partial charge in [-0.15, -0.1) is 0 Å². The van der Waals surface area contributed by atoms with Crippen molar-refractivity contribution in [3.8, 4) is 34.5 Å². The zero-order valence-electron chi connectivity index (χ0n) is 58.6. The molecule has 24 heteroatoms. The fourth-order valence-corrected chi connectivity index (χ4v) is 12.3. The van der Waals surface area contributed by atoms with Crippen molar-refractivity contribution in [2.24, 2.45) is 9.98 Å². The summed E-state index contributed by atoms with van der Waals surface area (Å²) >= 11 is 0. The van der Waals surface area contributed by atoms with E-state index in [0.29, 0.717) is 139 Å². The number of benzene rings is 7. The molecule has 0 bridgehead atoms. The highest BCUT2D eigenvalue weighted by atomic mass is 32.2. The number of unbranched alkanes of at least 4 members (excludes halogenated alkanes) is 3. The third-order valence-corrected chi connectivity index (χ3v) is 17.7. The largest absolute Gasteiger partial charge is 0.494 e. The first-order valence-electron chi connectivity index (χ1n) is 33.9. The molecule has 11 rings (SSSR count). The van der Waals surface area contributed by atoms with E-state index in [9.17, 15) is 32.4 Å². The van der Waals surface area contributed by atoms with E-state index >= 15 is 0 Å². The molecule has 4 aliphatic heterocycles.